The molecule has 1 atom stereocenters. The number of rotatable bonds is 4. The van der Waals surface area contributed by atoms with E-state index >= 15 is 0 Å². The molecule has 60 valence electrons. The summed E-state index contributed by atoms with van der Waals surface area (Å²) in [6.45, 7) is 4.71. The van der Waals surface area contributed by atoms with Crippen LogP contribution in [-0.4, -0.2) is 11.5 Å². The minimum atomic E-state index is -0.365. The summed E-state index contributed by atoms with van der Waals surface area (Å²) in [5.41, 5.74) is 0. The van der Waals surface area contributed by atoms with Gasteiger partial charge in [0.05, 0.1) is 6.61 Å². The van der Waals surface area contributed by atoms with E-state index in [0.717, 1.165) is 12.8 Å². The molecule has 0 spiro atoms. The molecular formula is C7H13BrO2. The quantitative estimate of drug-likeness (QED) is 0.665. The highest BCUT2D eigenvalue weighted by Gasteiger charge is 2.02. The van der Waals surface area contributed by atoms with Crippen LogP contribution in [0.2, 0.25) is 0 Å². The second-order valence-corrected chi connectivity index (χ2v) is 3.09. The number of carbonyl (C=O) groups excluding carboxylic acids is 1. The Balaban J connectivity index is 3.21. The molecule has 0 aliphatic carbocycles. The van der Waals surface area contributed by atoms with E-state index in [9.17, 15) is 4.79 Å². The first kappa shape index (κ1) is 9.95. The topological polar surface area (TPSA) is 26.3 Å². The first-order chi connectivity index (χ1) is 4.66. The van der Waals surface area contributed by atoms with Crippen molar-refractivity contribution in [2.45, 2.75) is 26.7 Å². The zero-order valence-electron chi connectivity index (χ0n) is 6.39. The van der Waals surface area contributed by atoms with Crippen LogP contribution in [0.4, 0.5) is 4.79 Å². The average molecular weight is 209 g/mol. The summed E-state index contributed by atoms with van der Waals surface area (Å²) in [6, 6.07) is 0. The molecule has 3 heteroatoms. The van der Waals surface area contributed by atoms with E-state index < -0.39 is 0 Å². The second-order valence-electron chi connectivity index (χ2n) is 2.44. The summed E-state index contributed by atoms with van der Waals surface area (Å²) in [5.74, 6) is 0.478. The molecule has 0 fully saturated rings. The van der Waals surface area contributed by atoms with Crippen LogP contribution in [0.15, 0.2) is 0 Å². The lowest BCUT2D eigenvalue weighted by molar-refractivity contribution is 0.156. The van der Waals surface area contributed by atoms with Crippen molar-refractivity contribution in [3.63, 3.8) is 0 Å². The van der Waals surface area contributed by atoms with Gasteiger partial charge < -0.3 is 4.74 Å². The Hall–Kier alpha value is -0.0500. The van der Waals surface area contributed by atoms with Crippen molar-refractivity contribution in [1.82, 2.24) is 0 Å². The van der Waals surface area contributed by atoms with Crippen LogP contribution < -0.4 is 0 Å². The summed E-state index contributed by atoms with van der Waals surface area (Å²) in [7, 11) is 0. The van der Waals surface area contributed by atoms with Gasteiger partial charge in [-0.3, -0.25) is 0 Å². The summed E-state index contributed by atoms with van der Waals surface area (Å²) in [5, 5.41) is 0. The lowest BCUT2D eigenvalue weighted by Crippen LogP contribution is -2.06. The zero-order chi connectivity index (χ0) is 7.98. The van der Waals surface area contributed by atoms with Gasteiger partial charge in [0, 0.05) is 15.9 Å². The van der Waals surface area contributed by atoms with Crippen LogP contribution in [0.5, 0.6) is 0 Å². The third kappa shape index (κ3) is 6.08. The Morgan fingerprint density at radius 2 is 2.30 bits per heavy atom. The zero-order valence-corrected chi connectivity index (χ0v) is 7.98. The molecule has 0 radical (unpaired) electrons. The minimum absolute atomic E-state index is 0.365. The molecule has 2 nitrogen and oxygen atoms in total. The molecule has 0 aromatic carbocycles. The van der Waals surface area contributed by atoms with Gasteiger partial charge in [-0.15, -0.1) is 0 Å². The Bertz CT molecular complexity index is 104. The van der Waals surface area contributed by atoms with Crippen molar-refractivity contribution in [3.8, 4) is 0 Å². The normalized spacial score (nSPS) is 12.7. The van der Waals surface area contributed by atoms with E-state index in [4.69, 9.17) is 4.74 Å². The first-order valence-electron chi connectivity index (χ1n) is 3.49. The Labute approximate surface area is 70.1 Å². The fraction of sp³-hybridized carbons (Fsp3) is 0.857. The van der Waals surface area contributed by atoms with Gasteiger partial charge in [0.1, 0.15) is 0 Å². The van der Waals surface area contributed by atoms with Crippen molar-refractivity contribution in [2.24, 2.45) is 5.92 Å². The molecule has 0 aliphatic heterocycles. The Morgan fingerprint density at radius 1 is 1.70 bits per heavy atom. The monoisotopic (exact) mass is 208 g/mol. The third-order valence-corrected chi connectivity index (χ3v) is 1.49. The summed E-state index contributed by atoms with van der Waals surface area (Å²) in [4.78, 5) is 9.88. The van der Waals surface area contributed by atoms with Crippen molar-refractivity contribution < 1.29 is 9.53 Å². The van der Waals surface area contributed by atoms with Crippen LogP contribution in [0.1, 0.15) is 26.7 Å². The van der Waals surface area contributed by atoms with E-state index in [0.29, 0.717) is 12.5 Å². The molecular weight excluding hydrogens is 196 g/mol. The molecule has 0 rings (SSSR count). The molecule has 0 aromatic rings. The SMILES string of the molecule is CCCC(C)COC(=O)Br. The lowest BCUT2D eigenvalue weighted by Gasteiger charge is -2.07. The van der Waals surface area contributed by atoms with Gasteiger partial charge in [0.2, 0.25) is 0 Å². The molecule has 0 saturated carbocycles. The highest BCUT2D eigenvalue weighted by molar-refractivity contribution is 9.18. The van der Waals surface area contributed by atoms with E-state index in [1.54, 1.807) is 0 Å². The number of hydrogen-bond donors (Lipinski definition) is 0. The molecule has 0 heterocycles. The van der Waals surface area contributed by atoms with Crippen LogP contribution in [0.25, 0.3) is 0 Å². The van der Waals surface area contributed by atoms with Gasteiger partial charge in [-0.1, -0.05) is 20.3 Å². The molecule has 10 heavy (non-hydrogen) atoms. The van der Waals surface area contributed by atoms with Crippen molar-refractivity contribution >= 4 is 20.8 Å². The molecule has 1 unspecified atom stereocenters. The predicted molar refractivity (Wildman–Crippen MR) is 44.3 cm³/mol. The largest absolute Gasteiger partial charge is 0.457 e. The van der Waals surface area contributed by atoms with Gasteiger partial charge in [0.25, 0.3) is 0 Å². The van der Waals surface area contributed by atoms with Crippen LogP contribution in [0, 0.1) is 5.92 Å². The van der Waals surface area contributed by atoms with Gasteiger partial charge in [0.15, 0.2) is 0 Å². The van der Waals surface area contributed by atoms with Crippen LogP contribution in [-0.2, 0) is 4.74 Å². The van der Waals surface area contributed by atoms with Crippen molar-refractivity contribution in [3.05, 3.63) is 0 Å². The maximum atomic E-state index is 10.2. The fourth-order valence-corrected chi connectivity index (χ4v) is 0.916. The lowest BCUT2D eigenvalue weighted by atomic mass is 10.1. The maximum absolute atomic E-state index is 10.2. The molecule has 0 saturated heterocycles. The van der Waals surface area contributed by atoms with Gasteiger partial charge in [-0.05, 0) is 12.3 Å². The molecule has 0 aliphatic rings. The van der Waals surface area contributed by atoms with E-state index in [-0.39, 0.29) is 4.88 Å². The molecule has 0 aromatic heterocycles. The predicted octanol–water partition coefficient (Wildman–Crippen LogP) is 2.95. The summed E-state index contributed by atoms with van der Waals surface area (Å²) >= 11 is 2.69. The first-order valence-corrected chi connectivity index (χ1v) is 4.28. The average Bonchev–Trinajstić information content (AvgIpc) is 1.85. The standard InChI is InChI=1S/C7H13BrO2/c1-3-4-6(2)5-10-7(8)9/h6H,3-5H2,1-2H3. The second kappa shape index (κ2) is 5.71. The number of ether oxygens (including phenoxy) is 1. The van der Waals surface area contributed by atoms with Gasteiger partial charge in [-0.2, -0.15) is 0 Å². The molecule has 0 amide bonds. The Morgan fingerprint density at radius 3 is 2.70 bits per heavy atom. The van der Waals surface area contributed by atoms with Crippen LogP contribution in [0.3, 0.4) is 0 Å². The summed E-state index contributed by atoms with van der Waals surface area (Å²) < 4.78 is 4.73. The van der Waals surface area contributed by atoms with Crippen molar-refractivity contribution in [2.75, 3.05) is 6.61 Å². The van der Waals surface area contributed by atoms with Gasteiger partial charge >= 0.3 is 4.88 Å². The third-order valence-electron chi connectivity index (χ3n) is 1.26. The smallest absolute Gasteiger partial charge is 0.374 e. The highest BCUT2D eigenvalue weighted by Crippen LogP contribution is 2.06. The fourth-order valence-electron chi connectivity index (χ4n) is 0.784. The minimum Gasteiger partial charge on any atom is -0.457 e. The summed E-state index contributed by atoms with van der Waals surface area (Å²) in [6.07, 6.45) is 2.25. The Kier molecular flexibility index (Phi) is 5.69. The van der Waals surface area contributed by atoms with Crippen molar-refractivity contribution in [1.29, 1.82) is 0 Å². The number of halogens is 1. The van der Waals surface area contributed by atoms with E-state index in [2.05, 4.69) is 29.8 Å². The maximum Gasteiger partial charge on any atom is 0.374 e. The molecule has 0 N–H and O–H groups in total. The van der Waals surface area contributed by atoms with Crippen LogP contribution >= 0.6 is 15.9 Å². The highest BCUT2D eigenvalue weighted by atomic mass is 79.9. The van der Waals surface area contributed by atoms with Gasteiger partial charge in [-0.25, -0.2) is 4.79 Å². The number of carbonyl (C=O) groups is 1. The van der Waals surface area contributed by atoms with E-state index in [1.807, 2.05) is 0 Å². The van der Waals surface area contributed by atoms with E-state index in [1.165, 1.54) is 0 Å². The molecule has 0 bridgehead atoms. The number of hydrogen-bond acceptors (Lipinski definition) is 2.